The van der Waals surface area contributed by atoms with Gasteiger partial charge in [-0.15, -0.1) is 0 Å². The third-order valence-corrected chi connectivity index (χ3v) is 6.44. The number of furan rings is 1. The number of likely N-dealkylation sites (N-methyl/N-ethyl adjacent to an activating group) is 1. The Kier molecular flexibility index (Phi) is 7.46. The molecule has 0 saturated carbocycles. The van der Waals surface area contributed by atoms with E-state index >= 15 is 0 Å². The van der Waals surface area contributed by atoms with E-state index in [2.05, 4.69) is 4.99 Å². The van der Waals surface area contributed by atoms with E-state index in [-0.39, 0.29) is 5.91 Å². The zero-order chi connectivity index (χ0) is 24.2. The first kappa shape index (κ1) is 24.1. The van der Waals surface area contributed by atoms with E-state index < -0.39 is 5.97 Å². The van der Waals surface area contributed by atoms with Crippen LogP contribution < -0.4 is 0 Å². The van der Waals surface area contributed by atoms with Crippen molar-refractivity contribution in [1.29, 1.82) is 0 Å². The van der Waals surface area contributed by atoms with Crippen molar-refractivity contribution in [1.82, 2.24) is 4.90 Å². The summed E-state index contributed by atoms with van der Waals surface area (Å²) in [6.45, 7) is 4.36. The number of hydrogen-bond donors (Lipinski definition) is 0. The first-order chi connectivity index (χ1) is 16.4. The molecule has 9 heteroatoms. The standard InChI is InChI=1S/C25H20Cl2N2O4S/c1-3-29-23(30)22(14-18-9-11-21(33-18)19-10-8-16(26)13-20(19)27)34-25(29)28-17-7-5-6-15(12-17)24(31)32-4-2/h5-14H,3-4H2,1-2H3. The number of carbonyl (C=O) groups is 2. The van der Waals surface area contributed by atoms with Gasteiger partial charge in [-0.1, -0.05) is 29.3 Å². The van der Waals surface area contributed by atoms with Gasteiger partial charge in [-0.2, -0.15) is 0 Å². The summed E-state index contributed by atoms with van der Waals surface area (Å²) >= 11 is 13.5. The van der Waals surface area contributed by atoms with E-state index in [9.17, 15) is 9.59 Å². The van der Waals surface area contributed by atoms with Crippen molar-refractivity contribution in [3.63, 3.8) is 0 Å². The Labute approximate surface area is 211 Å². The van der Waals surface area contributed by atoms with Crippen LogP contribution in [0.25, 0.3) is 17.4 Å². The normalized spacial score (nSPS) is 16.0. The molecule has 4 rings (SSSR count). The van der Waals surface area contributed by atoms with Crippen LogP contribution in [0.3, 0.4) is 0 Å². The minimum Gasteiger partial charge on any atom is -0.462 e. The number of esters is 1. The number of halogens is 2. The number of amidine groups is 1. The number of nitrogens with zero attached hydrogens (tertiary/aromatic N) is 2. The quantitative estimate of drug-likeness (QED) is 0.260. The monoisotopic (exact) mass is 514 g/mol. The largest absolute Gasteiger partial charge is 0.462 e. The fourth-order valence-electron chi connectivity index (χ4n) is 3.29. The minimum absolute atomic E-state index is 0.171. The van der Waals surface area contributed by atoms with Crippen molar-refractivity contribution >= 4 is 63.8 Å². The molecule has 0 N–H and O–H groups in total. The van der Waals surface area contributed by atoms with Gasteiger partial charge in [-0.25, -0.2) is 9.79 Å². The van der Waals surface area contributed by atoms with Crippen molar-refractivity contribution in [3.05, 3.63) is 80.9 Å². The Bertz CT molecular complexity index is 1320. The lowest BCUT2D eigenvalue weighted by Crippen LogP contribution is -2.28. The molecule has 1 aliphatic heterocycles. The molecule has 174 valence electrons. The Balaban J connectivity index is 1.60. The third kappa shape index (κ3) is 5.22. The highest BCUT2D eigenvalue weighted by molar-refractivity contribution is 8.18. The number of thioether (sulfide) groups is 1. The molecule has 1 aromatic heterocycles. The van der Waals surface area contributed by atoms with Crippen LogP contribution >= 0.6 is 35.0 Å². The lowest BCUT2D eigenvalue weighted by Gasteiger charge is -2.12. The van der Waals surface area contributed by atoms with Gasteiger partial charge in [0.15, 0.2) is 5.17 Å². The molecule has 0 radical (unpaired) electrons. The molecule has 34 heavy (non-hydrogen) atoms. The molecule has 0 bridgehead atoms. The third-order valence-electron chi connectivity index (χ3n) is 4.88. The van der Waals surface area contributed by atoms with E-state index in [1.54, 1.807) is 72.5 Å². The number of ether oxygens (including phenoxy) is 1. The fraction of sp³-hybridized carbons (Fsp3) is 0.160. The highest BCUT2D eigenvalue weighted by atomic mass is 35.5. The molecule has 0 spiro atoms. The molecule has 0 unspecified atom stereocenters. The molecule has 0 atom stereocenters. The Hall–Kier alpha value is -3.00. The zero-order valence-corrected chi connectivity index (χ0v) is 20.7. The molecule has 1 amide bonds. The van der Waals surface area contributed by atoms with Crippen molar-refractivity contribution < 1.29 is 18.7 Å². The Morgan fingerprint density at radius 3 is 2.71 bits per heavy atom. The Morgan fingerprint density at radius 2 is 1.97 bits per heavy atom. The molecule has 3 aromatic rings. The number of benzene rings is 2. The highest BCUT2D eigenvalue weighted by Crippen LogP contribution is 2.36. The maximum atomic E-state index is 13.0. The minimum atomic E-state index is -0.415. The maximum Gasteiger partial charge on any atom is 0.338 e. The molecular formula is C25H20Cl2N2O4S. The van der Waals surface area contributed by atoms with Crippen LogP contribution in [0.15, 0.2) is 68.9 Å². The van der Waals surface area contributed by atoms with E-state index in [0.29, 0.717) is 61.6 Å². The smallest absolute Gasteiger partial charge is 0.338 e. The maximum absolute atomic E-state index is 13.0. The van der Waals surface area contributed by atoms with Gasteiger partial charge in [0.25, 0.3) is 5.91 Å². The zero-order valence-electron chi connectivity index (χ0n) is 18.4. The molecule has 2 heterocycles. The predicted molar refractivity (Wildman–Crippen MR) is 137 cm³/mol. The average molecular weight is 515 g/mol. The van der Waals surface area contributed by atoms with Gasteiger partial charge < -0.3 is 9.15 Å². The van der Waals surface area contributed by atoms with Crippen molar-refractivity contribution in [2.45, 2.75) is 13.8 Å². The van der Waals surface area contributed by atoms with Crippen LogP contribution in [0.4, 0.5) is 5.69 Å². The lowest BCUT2D eigenvalue weighted by atomic mass is 10.2. The molecule has 1 fully saturated rings. The summed E-state index contributed by atoms with van der Waals surface area (Å²) in [5.41, 5.74) is 1.67. The second-order valence-corrected chi connectivity index (χ2v) is 9.00. The first-order valence-electron chi connectivity index (χ1n) is 10.5. The van der Waals surface area contributed by atoms with Crippen LogP contribution in [-0.2, 0) is 9.53 Å². The molecule has 2 aromatic carbocycles. The summed E-state index contributed by atoms with van der Waals surface area (Å²) in [5, 5.41) is 1.53. The second-order valence-electron chi connectivity index (χ2n) is 7.15. The SMILES string of the molecule is CCOC(=O)c1cccc(N=C2SC(=Cc3ccc(-c4ccc(Cl)cc4Cl)o3)C(=O)N2CC)c1. The summed E-state index contributed by atoms with van der Waals surface area (Å²) in [5.74, 6) is 0.497. The summed E-state index contributed by atoms with van der Waals surface area (Å²) in [7, 11) is 0. The molecule has 0 aliphatic carbocycles. The van der Waals surface area contributed by atoms with Gasteiger partial charge in [0, 0.05) is 23.2 Å². The summed E-state index contributed by atoms with van der Waals surface area (Å²) in [6, 6.07) is 15.5. The summed E-state index contributed by atoms with van der Waals surface area (Å²) < 4.78 is 11.0. The number of rotatable bonds is 6. The van der Waals surface area contributed by atoms with Gasteiger partial charge in [0.05, 0.1) is 27.8 Å². The van der Waals surface area contributed by atoms with Crippen LogP contribution in [0.2, 0.25) is 10.0 Å². The average Bonchev–Trinajstić information content (AvgIpc) is 3.38. The van der Waals surface area contributed by atoms with Crippen molar-refractivity contribution in [2.24, 2.45) is 4.99 Å². The van der Waals surface area contributed by atoms with E-state index in [4.69, 9.17) is 32.4 Å². The second kappa shape index (κ2) is 10.5. The van der Waals surface area contributed by atoms with Crippen LogP contribution in [0, 0.1) is 0 Å². The summed E-state index contributed by atoms with van der Waals surface area (Å²) in [4.78, 5) is 31.7. The van der Waals surface area contributed by atoms with Crippen molar-refractivity contribution in [2.75, 3.05) is 13.2 Å². The summed E-state index contributed by atoms with van der Waals surface area (Å²) in [6.07, 6.45) is 1.68. The Morgan fingerprint density at radius 1 is 1.15 bits per heavy atom. The predicted octanol–water partition coefficient (Wildman–Crippen LogP) is 7.05. The number of hydrogen-bond acceptors (Lipinski definition) is 6. The van der Waals surface area contributed by atoms with Gasteiger partial charge in [-0.05, 0) is 74.1 Å². The molecular weight excluding hydrogens is 495 g/mol. The first-order valence-corrected chi connectivity index (χ1v) is 12.1. The van der Waals surface area contributed by atoms with Gasteiger partial charge in [0.1, 0.15) is 11.5 Å². The van der Waals surface area contributed by atoms with E-state index in [0.717, 1.165) is 0 Å². The fourth-order valence-corrected chi connectivity index (χ4v) is 4.84. The van der Waals surface area contributed by atoms with Crippen molar-refractivity contribution in [3.8, 4) is 11.3 Å². The van der Waals surface area contributed by atoms with Gasteiger partial charge >= 0.3 is 5.97 Å². The lowest BCUT2D eigenvalue weighted by molar-refractivity contribution is -0.122. The van der Waals surface area contributed by atoms with Gasteiger partial charge in [0.2, 0.25) is 0 Å². The number of amides is 1. The van der Waals surface area contributed by atoms with Crippen LogP contribution in [0.1, 0.15) is 30.0 Å². The topological polar surface area (TPSA) is 72.1 Å². The highest BCUT2D eigenvalue weighted by Gasteiger charge is 2.32. The molecule has 1 aliphatic rings. The van der Waals surface area contributed by atoms with Crippen LogP contribution in [0.5, 0.6) is 0 Å². The van der Waals surface area contributed by atoms with Gasteiger partial charge in [-0.3, -0.25) is 9.69 Å². The molecule has 1 saturated heterocycles. The molecule has 6 nitrogen and oxygen atoms in total. The number of aliphatic imine (C=N–C) groups is 1. The van der Waals surface area contributed by atoms with Crippen LogP contribution in [-0.4, -0.2) is 35.1 Å². The van der Waals surface area contributed by atoms with E-state index in [1.807, 2.05) is 6.92 Å². The number of carbonyl (C=O) groups excluding carboxylic acids is 2. The van der Waals surface area contributed by atoms with E-state index in [1.165, 1.54) is 11.8 Å².